The molecule has 1 fully saturated rings. The monoisotopic (exact) mass is 594 g/mol. The molecule has 0 saturated carbocycles. The van der Waals surface area contributed by atoms with E-state index < -0.39 is 23.7 Å². The minimum Gasteiger partial charge on any atom is -0.505 e. The van der Waals surface area contributed by atoms with Crippen molar-refractivity contribution in [2.75, 3.05) is 11.5 Å². The molecule has 0 bridgehead atoms. The Morgan fingerprint density at radius 3 is 2.47 bits per heavy atom. The number of carbonyl (C=O) groups is 3. The van der Waals surface area contributed by atoms with Crippen LogP contribution in [0.4, 0.5) is 5.13 Å². The van der Waals surface area contributed by atoms with Crippen LogP contribution in [0, 0.1) is 13.8 Å². The number of aryl methyl sites for hydroxylation is 2. The zero-order valence-electron chi connectivity index (χ0n) is 23.5. The van der Waals surface area contributed by atoms with Gasteiger partial charge in [0.25, 0.3) is 5.78 Å². The molecule has 3 aromatic heterocycles. The molecule has 6 rings (SSSR count). The van der Waals surface area contributed by atoms with Gasteiger partial charge in [0.15, 0.2) is 10.9 Å². The number of aromatic nitrogens is 3. The van der Waals surface area contributed by atoms with Crippen molar-refractivity contribution in [3.8, 4) is 11.5 Å². The van der Waals surface area contributed by atoms with Crippen molar-refractivity contribution in [2.45, 2.75) is 26.8 Å². The third-order valence-corrected chi connectivity index (χ3v) is 8.11. The molecule has 5 aromatic rings. The Kier molecular flexibility index (Phi) is 7.24. The average Bonchev–Trinajstić information content (AvgIpc) is 3.63. The fourth-order valence-electron chi connectivity index (χ4n) is 5.12. The van der Waals surface area contributed by atoms with Gasteiger partial charge in [0.1, 0.15) is 27.7 Å². The van der Waals surface area contributed by atoms with Crippen LogP contribution < -0.4 is 9.64 Å². The normalized spacial score (nSPS) is 16.2. The Hall–Kier alpha value is -5.29. The fourth-order valence-corrected chi connectivity index (χ4v) is 6.10. The number of aliphatic hydroxyl groups excluding tert-OH is 1. The van der Waals surface area contributed by atoms with Crippen molar-refractivity contribution in [1.82, 2.24) is 14.4 Å². The lowest BCUT2D eigenvalue weighted by atomic mass is 9.96. The lowest BCUT2D eigenvalue weighted by Gasteiger charge is -2.23. The molecule has 43 heavy (non-hydrogen) atoms. The van der Waals surface area contributed by atoms with Crippen LogP contribution in [-0.4, -0.2) is 43.7 Å². The van der Waals surface area contributed by atoms with Gasteiger partial charge in [-0.05, 0) is 62.7 Å². The predicted molar refractivity (Wildman–Crippen MR) is 160 cm³/mol. The SMILES string of the molecule is CCOC(=O)c1sc(N2C(=O)C(=O)/C(=C(/O)c3c(C)nc4ccccn34)C2c2cccc(Oc3ccccc3)c2)nc1C. The van der Waals surface area contributed by atoms with Crippen LogP contribution in [0.1, 0.15) is 45.3 Å². The second-order valence-corrected chi connectivity index (χ2v) is 10.7. The van der Waals surface area contributed by atoms with Crippen molar-refractivity contribution in [1.29, 1.82) is 0 Å². The molecule has 1 amide bonds. The van der Waals surface area contributed by atoms with E-state index in [0.29, 0.717) is 34.1 Å². The highest BCUT2D eigenvalue weighted by Crippen LogP contribution is 2.45. The van der Waals surface area contributed by atoms with E-state index >= 15 is 0 Å². The van der Waals surface area contributed by atoms with Crippen molar-refractivity contribution in [3.05, 3.63) is 112 Å². The van der Waals surface area contributed by atoms with Gasteiger partial charge < -0.3 is 14.6 Å². The number of anilines is 1. The highest BCUT2D eigenvalue weighted by molar-refractivity contribution is 7.17. The summed E-state index contributed by atoms with van der Waals surface area (Å²) in [7, 11) is 0. The van der Waals surface area contributed by atoms with Crippen LogP contribution >= 0.6 is 11.3 Å². The van der Waals surface area contributed by atoms with Crippen LogP contribution in [-0.2, 0) is 14.3 Å². The number of amides is 1. The largest absolute Gasteiger partial charge is 0.505 e. The number of nitrogens with zero attached hydrogens (tertiary/aromatic N) is 4. The molecule has 11 heteroatoms. The number of ether oxygens (including phenoxy) is 2. The Balaban J connectivity index is 1.55. The van der Waals surface area contributed by atoms with Gasteiger partial charge in [0, 0.05) is 6.20 Å². The number of fused-ring (bicyclic) bond motifs is 1. The van der Waals surface area contributed by atoms with Crippen LogP contribution in [0.5, 0.6) is 11.5 Å². The second-order valence-electron chi connectivity index (χ2n) is 9.76. The summed E-state index contributed by atoms with van der Waals surface area (Å²) in [4.78, 5) is 50.6. The van der Waals surface area contributed by atoms with Gasteiger partial charge in [0.2, 0.25) is 0 Å². The van der Waals surface area contributed by atoms with Crippen LogP contribution in [0.15, 0.2) is 84.6 Å². The zero-order chi connectivity index (χ0) is 30.2. The number of pyridine rings is 1. The van der Waals surface area contributed by atoms with Crippen molar-refractivity contribution in [2.24, 2.45) is 0 Å². The molecule has 1 aliphatic heterocycles. The van der Waals surface area contributed by atoms with E-state index in [1.54, 1.807) is 67.8 Å². The van der Waals surface area contributed by atoms with Gasteiger partial charge in [-0.25, -0.2) is 14.8 Å². The average molecular weight is 595 g/mol. The lowest BCUT2D eigenvalue weighted by Crippen LogP contribution is -2.29. The molecule has 0 radical (unpaired) electrons. The first-order chi connectivity index (χ1) is 20.8. The van der Waals surface area contributed by atoms with Gasteiger partial charge in [-0.15, -0.1) is 0 Å². The molecular weight excluding hydrogens is 568 g/mol. The first kappa shape index (κ1) is 27.9. The molecule has 2 aromatic carbocycles. The second kappa shape index (κ2) is 11.2. The topological polar surface area (TPSA) is 123 Å². The first-order valence-corrected chi connectivity index (χ1v) is 14.3. The van der Waals surface area contributed by atoms with E-state index in [-0.39, 0.29) is 33.6 Å². The highest BCUT2D eigenvalue weighted by Gasteiger charge is 2.49. The molecule has 1 N–H and O–H groups in total. The number of benzene rings is 2. The molecule has 1 atom stereocenters. The van der Waals surface area contributed by atoms with E-state index in [1.807, 2.05) is 36.4 Å². The smallest absolute Gasteiger partial charge is 0.350 e. The number of imidazole rings is 1. The van der Waals surface area contributed by atoms with Crippen molar-refractivity contribution in [3.63, 3.8) is 0 Å². The number of para-hydroxylation sites is 1. The van der Waals surface area contributed by atoms with Gasteiger partial charge in [0.05, 0.1) is 29.6 Å². The first-order valence-electron chi connectivity index (χ1n) is 13.5. The van der Waals surface area contributed by atoms with Gasteiger partial charge in [-0.3, -0.25) is 18.9 Å². The minimum atomic E-state index is -1.09. The molecule has 0 aliphatic carbocycles. The summed E-state index contributed by atoms with van der Waals surface area (Å²) in [5.41, 5.74) is 2.05. The van der Waals surface area contributed by atoms with Crippen LogP contribution in [0.3, 0.4) is 0 Å². The Morgan fingerprint density at radius 1 is 0.953 bits per heavy atom. The Bertz CT molecular complexity index is 1930. The number of Topliss-reactive ketones (excluding diaryl/α,β-unsaturated/α-hetero) is 1. The quantitative estimate of drug-likeness (QED) is 0.105. The van der Waals surface area contributed by atoms with E-state index in [1.165, 1.54) is 4.90 Å². The highest BCUT2D eigenvalue weighted by atomic mass is 32.1. The molecular formula is C32H26N4O6S. The molecule has 1 unspecified atom stereocenters. The summed E-state index contributed by atoms with van der Waals surface area (Å²) >= 11 is 0.947. The van der Waals surface area contributed by atoms with Crippen molar-refractivity contribution < 1.29 is 29.0 Å². The third-order valence-electron chi connectivity index (χ3n) is 6.98. The maximum atomic E-state index is 13.8. The standard InChI is InChI=1S/C32H26N4O6S/c1-4-41-31(40)29-19(3)34-32(43-29)36-26(20-11-10-14-22(17-20)42-21-12-6-5-7-13-21)24(28(38)30(36)39)27(37)25-18(2)33-23-15-8-9-16-35(23)25/h5-17,26,37H,4H2,1-3H3/b27-24+. The number of hydrogen-bond acceptors (Lipinski definition) is 9. The van der Waals surface area contributed by atoms with Crippen LogP contribution in [0.2, 0.25) is 0 Å². The van der Waals surface area contributed by atoms with E-state index in [4.69, 9.17) is 9.47 Å². The number of thiazole rings is 1. The van der Waals surface area contributed by atoms with Gasteiger partial charge in [-0.2, -0.15) is 0 Å². The Labute approximate surface area is 250 Å². The predicted octanol–water partition coefficient (Wildman–Crippen LogP) is 6.00. The van der Waals surface area contributed by atoms with E-state index in [9.17, 15) is 19.5 Å². The number of rotatable bonds is 7. The molecule has 216 valence electrons. The number of aliphatic hydroxyl groups is 1. The molecule has 1 saturated heterocycles. The number of esters is 1. The van der Waals surface area contributed by atoms with Crippen molar-refractivity contribution >= 4 is 45.5 Å². The summed E-state index contributed by atoms with van der Waals surface area (Å²) in [6.07, 6.45) is 1.72. The lowest BCUT2D eigenvalue weighted by molar-refractivity contribution is -0.132. The summed E-state index contributed by atoms with van der Waals surface area (Å²) in [5.74, 6) is -1.68. The molecule has 10 nitrogen and oxygen atoms in total. The van der Waals surface area contributed by atoms with E-state index in [2.05, 4.69) is 9.97 Å². The number of hydrogen-bond donors (Lipinski definition) is 1. The van der Waals surface area contributed by atoms with E-state index in [0.717, 1.165) is 11.3 Å². The molecule has 0 spiro atoms. The summed E-state index contributed by atoms with van der Waals surface area (Å²) in [6.45, 7) is 5.22. The number of ketones is 1. The number of carbonyl (C=O) groups excluding carboxylic acids is 3. The maximum absolute atomic E-state index is 13.8. The summed E-state index contributed by atoms with van der Waals surface area (Å²) in [6, 6.07) is 20.4. The summed E-state index contributed by atoms with van der Waals surface area (Å²) < 4.78 is 12.9. The fraction of sp³-hybridized carbons (Fsp3) is 0.156. The summed E-state index contributed by atoms with van der Waals surface area (Å²) in [5, 5.41) is 11.9. The van der Waals surface area contributed by atoms with Gasteiger partial charge in [-0.1, -0.05) is 47.7 Å². The third kappa shape index (κ3) is 4.93. The Morgan fingerprint density at radius 2 is 1.70 bits per heavy atom. The molecule has 4 heterocycles. The zero-order valence-corrected chi connectivity index (χ0v) is 24.3. The van der Waals surface area contributed by atoms with Crippen LogP contribution in [0.25, 0.3) is 11.4 Å². The minimum absolute atomic E-state index is 0.121. The van der Waals surface area contributed by atoms with Gasteiger partial charge >= 0.3 is 11.9 Å². The molecule has 1 aliphatic rings. The maximum Gasteiger partial charge on any atom is 0.350 e.